The van der Waals surface area contributed by atoms with Crippen molar-refractivity contribution in [2.24, 2.45) is 0 Å². The second kappa shape index (κ2) is 13.5. The Labute approximate surface area is 132 Å². The second-order valence-electron chi connectivity index (χ2n) is 5.59. The Hall–Kier alpha value is -0.170. The van der Waals surface area contributed by atoms with Crippen LogP contribution in [0.2, 0.25) is 0 Å². The molecule has 0 radical (unpaired) electrons. The molecule has 2 N–H and O–H groups in total. The molecule has 128 valence electrons. The van der Waals surface area contributed by atoms with Crippen molar-refractivity contribution in [2.75, 3.05) is 33.2 Å². The van der Waals surface area contributed by atoms with Gasteiger partial charge >= 0.3 is 0 Å². The van der Waals surface area contributed by atoms with Crippen LogP contribution in [0.25, 0.3) is 0 Å². The van der Waals surface area contributed by atoms with Crippen LogP contribution in [-0.4, -0.2) is 45.9 Å². The van der Waals surface area contributed by atoms with Crippen LogP contribution in [0.4, 0.5) is 0 Å². The van der Waals surface area contributed by atoms with Crippen molar-refractivity contribution in [1.29, 1.82) is 0 Å². The van der Waals surface area contributed by atoms with E-state index in [1.54, 1.807) is 7.05 Å². The number of hydrogen-bond donors (Lipinski definition) is 2. The van der Waals surface area contributed by atoms with Gasteiger partial charge in [0.05, 0.1) is 0 Å². The van der Waals surface area contributed by atoms with Crippen LogP contribution in [-0.2, 0) is 10.2 Å². The SMILES string of the molecule is CCCCCCCCNS(=O)(=O)N(C)CCCNCCC. The molecule has 21 heavy (non-hydrogen) atoms. The Bertz CT molecular complexity index is 321. The van der Waals surface area contributed by atoms with Gasteiger partial charge in [0.2, 0.25) is 0 Å². The van der Waals surface area contributed by atoms with Crippen LogP contribution < -0.4 is 10.0 Å². The zero-order chi connectivity index (χ0) is 16.0. The topological polar surface area (TPSA) is 61.4 Å². The molecule has 0 aromatic carbocycles. The van der Waals surface area contributed by atoms with Crippen molar-refractivity contribution >= 4 is 10.2 Å². The monoisotopic (exact) mass is 321 g/mol. The number of nitrogens with zero attached hydrogens (tertiary/aromatic N) is 1. The summed E-state index contributed by atoms with van der Waals surface area (Å²) in [5.74, 6) is 0. The van der Waals surface area contributed by atoms with Crippen LogP contribution >= 0.6 is 0 Å². The highest BCUT2D eigenvalue weighted by molar-refractivity contribution is 7.87. The summed E-state index contributed by atoms with van der Waals surface area (Å²) in [6.07, 6.45) is 8.96. The minimum atomic E-state index is -3.29. The lowest BCUT2D eigenvalue weighted by Crippen LogP contribution is -2.39. The first kappa shape index (κ1) is 20.8. The summed E-state index contributed by atoms with van der Waals surface area (Å²) >= 11 is 0. The molecule has 5 nitrogen and oxygen atoms in total. The van der Waals surface area contributed by atoms with Gasteiger partial charge in [-0.25, -0.2) is 4.72 Å². The van der Waals surface area contributed by atoms with Crippen LogP contribution in [0.5, 0.6) is 0 Å². The summed E-state index contributed by atoms with van der Waals surface area (Å²) in [6, 6.07) is 0. The van der Waals surface area contributed by atoms with Crippen LogP contribution in [0, 0.1) is 0 Å². The van der Waals surface area contributed by atoms with Crippen molar-refractivity contribution < 1.29 is 8.42 Å². The lowest BCUT2D eigenvalue weighted by Gasteiger charge is -2.17. The fraction of sp³-hybridized carbons (Fsp3) is 1.00. The van der Waals surface area contributed by atoms with Crippen LogP contribution in [0.15, 0.2) is 0 Å². The van der Waals surface area contributed by atoms with Gasteiger partial charge in [0.1, 0.15) is 0 Å². The van der Waals surface area contributed by atoms with E-state index in [2.05, 4.69) is 23.9 Å². The first-order valence-corrected chi connectivity index (χ1v) is 9.90. The molecular formula is C15H35N3O2S. The fourth-order valence-electron chi connectivity index (χ4n) is 2.07. The molecule has 0 amide bonds. The highest BCUT2D eigenvalue weighted by atomic mass is 32.2. The predicted octanol–water partition coefficient (Wildman–Crippen LogP) is 2.50. The maximum atomic E-state index is 12.0. The molecule has 0 rings (SSSR count). The quantitative estimate of drug-likeness (QED) is 0.456. The van der Waals surface area contributed by atoms with E-state index in [9.17, 15) is 8.42 Å². The molecule has 0 saturated heterocycles. The number of nitrogens with one attached hydrogen (secondary N) is 2. The van der Waals surface area contributed by atoms with E-state index < -0.39 is 10.2 Å². The van der Waals surface area contributed by atoms with E-state index in [-0.39, 0.29) is 0 Å². The average molecular weight is 322 g/mol. The summed E-state index contributed by atoms with van der Waals surface area (Å²) in [6.45, 7) is 7.28. The second-order valence-corrected chi connectivity index (χ2v) is 7.45. The smallest absolute Gasteiger partial charge is 0.279 e. The Balaban J connectivity index is 3.65. The molecule has 0 aliphatic carbocycles. The summed E-state index contributed by atoms with van der Waals surface area (Å²) in [7, 11) is -1.65. The molecule has 6 heteroatoms. The summed E-state index contributed by atoms with van der Waals surface area (Å²) in [5.41, 5.74) is 0. The van der Waals surface area contributed by atoms with E-state index in [0.717, 1.165) is 38.8 Å². The van der Waals surface area contributed by atoms with Gasteiger partial charge in [-0.3, -0.25) is 0 Å². The maximum absolute atomic E-state index is 12.0. The standard InChI is InChI=1S/C15H35N3O2S/c1-4-6-7-8-9-10-14-17-21(19,20)18(3)15-11-13-16-12-5-2/h16-17H,4-15H2,1-3H3. The van der Waals surface area contributed by atoms with Gasteiger partial charge in [0, 0.05) is 20.1 Å². The van der Waals surface area contributed by atoms with Gasteiger partial charge in [-0.15, -0.1) is 0 Å². The van der Waals surface area contributed by atoms with Gasteiger partial charge in [0.15, 0.2) is 0 Å². The molecule has 0 aliphatic rings. The zero-order valence-electron chi connectivity index (χ0n) is 14.2. The number of unbranched alkanes of at least 4 members (excludes halogenated alkanes) is 5. The third-order valence-electron chi connectivity index (χ3n) is 3.48. The molecule has 0 aliphatic heterocycles. The Kier molecular flexibility index (Phi) is 13.4. The Morgan fingerprint density at radius 1 is 0.810 bits per heavy atom. The Morgan fingerprint density at radius 2 is 1.48 bits per heavy atom. The minimum absolute atomic E-state index is 0.548. The van der Waals surface area contributed by atoms with Gasteiger partial charge < -0.3 is 5.32 Å². The first-order chi connectivity index (χ1) is 10.0. The van der Waals surface area contributed by atoms with E-state index in [4.69, 9.17) is 0 Å². The third-order valence-corrected chi connectivity index (χ3v) is 5.05. The van der Waals surface area contributed by atoms with Gasteiger partial charge in [-0.1, -0.05) is 46.0 Å². The first-order valence-electron chi connectivity index (χ1n) is 8.46. The Morgan fingerprint density at radius 3 is 2.14 bits per heavy atom. The van der Waals surface area contributed by atoms with E-state index in [1.807, 2.05) is 0 Å². The summed E-state index contributed by atoms with van der Waals surface area (Å²) in [4.78, 5) is 0. The lowest BCUT2D eigenvalue weighted by atomic mass is 10.1. The average Bonchev–Trinajstić information content (AvgIpc) is 2.45. The molecular weight excluding hydrogens is 286 g/mol. The summed E-state index contributed by atoms with van der Waals surface area (Å²) < 4.78 is 28.1. The molecule has 0 unspecified atom stereocenters. The predicted molar refractivity (Wildman–Crippen MR) is 90.7 cm³/mol. The lowest BCUT2D eigenvalue weighted by molar-refractivity contribution is 0.443. The molecule has 0 spiro atoms. The highest BCUT2D eigenvalue weighted by Crippen LogP contribution is 2.04. The molecule has 0 bridgehead atoms. The third kappa shape index (κ3) is 12.1. The van der Waals surface area contributed by atoms with E-state index in [0.29, 0.717) is 13.1 Å². The van der Waals surface area contributed by atoms with Crippen LogP contribution in [0.3, 0.4) is 0 Å². The van der Waals surface area contributed by atoms with Gasteiger partial charge in [-0.2, -0.15) is 12.7 Å². The van der Waals surface area contributed by atoms with Crippen LogP contribution in [0.1, 0.15) is 65.2 Å². The van der Waals surface area contributed by atoms with Crippen molar-refractivity contribution in [3.05, 3.63) is 0 Å². The normalized spacial score (nSPS) is 12.2. The van der Waals surface area contributed by atoms with Crippen molar-refractivity contribution in [1.82, 2.24) is 14.3 Å². The molecule has 0 saturated carbocycles. The highest BCUT2D eigenvalue weighted by Gasteiger charge is 2.15. The maximum Gasteiger partial charge on any atom is 0.279 e. The molecule has 0 aromatic heterocycles. The van der Waals surface area contributed by atoms with E-state index in [1.165, 1.54) is 30.0 Å². The van der Waals surface area contributed by atoms with E-state index >= 15 is 0 Å². The van der Waals surface area contributed by atoms with Crippen molar-refractivity contribution in [2.45, 2.75) is 65.2 Å². The zero-order valence-corrected chi connectivity index (χ0v) is 15.0. The minimum Gasteiger partial charge on any atom is -0.317 e. The van der Waals surface area contributed by atoms with Crippen molar-refractivity contribution in [3.63, 3.8) is 0 Å². The summed E-state index contributed by atoms with van der Waals surface area (Å²) in [5, 5.41) is 3.28. The molecule has 0 heterocycles. The molecule has 0 aromatic rings. The largest absolute Gasteiger partial charge is 0.317 e. The van der Waals surface area contributed by atoms with Gasteiger partial charge in [-0.05, 0) is 32.4 Å². The number of hydrogen-bond acceptors (Lipinski definition) is 3. The molecule has 0 atom stereocenters. The molecule has 0 fully saturated rings. The fourth-order valence-corrected chi connectivity index (χ4v) is 3.06. The number of rotatable bonds is 15. The van der Waals surface area contributed by atoms with Gasteiger partial charge in [0.25, 0.3) is 10.2 Å². The van der Waals surface area contributed by atoms with Crippen molar-refractivity contribution in [3.8, 4) is 0 Å².